The first-order chi connectivity index (χ1) is 15.6. The van der Waals surface area contributed by atoms with Crippen LogP contribution in [0.4, 0.5) is 5.69 Å². The molecule has 1 aliphatic rings. The van der Waals surface area contributed by atoms with Gasteiger partial charge < -0.3 is 20.5 Å². The Morgan fingerprint density at radius 1 is 1.09 bits per heavy atom. The lowest BCUT2D eigenvalue weighted by atomic mass is 9.98. The van der Waals surface area contributed by atoms with Crippen LogP contribution in [-0.2, 0) is 4.74 Å². The number of pyridine rings is 1. The van der Waals surface area contributed by atoms with Crippen LogP contribution in [0.5, 0.6) is 5.75 Å². The van der Waals surface area contributed by atoms with Crippen LogP contribution in [0, 0.1) is 0 Å². The van der Waals surface area contributed by atoms with Crippen molar-refractivity contribution in [2.24, 2.45) is 15.7 Å². The van der Waals surface area contributed by atoms with Crippen molar-refractivity contribution in [1.82, 2.24) is 4.98 Å². The zero-order chi connectivity index (χ0) is 22.5. The SMILES string of the molecule is COC(N)=NC(c1ccc(OC)cc1)c1cccc(NC(=O)c2ccc(C3C=N3)cn2)c1. The maximum absolute atomic E-state index is 12.7. The van der Waals surface area contributed by atoms with Crippen LogP contribution in [0.2, 0.25) is 0 Å². The third-order valence-corrected chi connectivity index (χ3v) is 5.02. The van der Waals surface area contributed by atoms with Crippen LogP contribution < -0.4 is 15.8 Å². The molecule has 2 atom stereocenters. The Balaban J connectivity index is 1.57. The molecule has 1 aromatic heterocycles. The number of hydrogen-bond donors (Lipinski definition) is 2. The van der Waals surface area contributed by atoms with E-state index < -0.39 is 6.04 Å². The Hall–Kier alpha value is -4.20. The smallest absolute Gasteiger partial charge is 0.282 e. The second-order valence-corrected chi connectivity index (χ2v) is 7.15. The number of carbonyl (C=O) groups is 1. The van der Waals surface area contributed by atoms with Crippen molar-refractivity contribution in [3.05, 3.63) is 89.2 Å². The van der Waals surface area contributed by atoms with E-state index in [0.717, 1.165) is 22.4 Å². The summed E-state index contributed by atoms with van der Waals surface area (Å²) in [5, 5.41) is 2.89. The summed E-state index contributed by atoms with van der Waals surface area (Å²) in [6.07, 6.45) is 3.51. The monoisotopic (exact) mass is 429 g/mol. The summed E-state index contributed by atoms with van der Waals surface area (Å²) in [5.41, 5.74) is 9.50. The zero-order valence-corrected chi connectivity index (χ0v) is 17.7. The van der Waals surface area contributed by atoms with Crippen LogP contribution in [-0.4, -0.2) is 37.3 Å². The number of ether oxygens (including phenoxy) is 2. The highest BCUT2D eigenvalue weighted by Crippen LogP contribution is 2.30. The molecule has 0 fully saturated rings. The number of amidine groups is 1. The van der Waals surface area contributed by atoms with E-state index in [4.69, 9.17) is 15.2 Å². The van der Waals surface area contributed by atoms with Gasteiger partial charge in [-0.3, -0.25) is 14.8 Å². The first kappa shape index (κ1) is 21.0. The summed E-state index contributed by atoms with van der Waals surface area (Å²) in [6.45, 7) is 0. The number of anilines is 1. The molecule has 0 aliphatic carbocycles. The summed E-state index contributed by atoms with van der Waals surface area (Å²) in [7, 11) is 3.08. The lowest BCUT2D eigenvalue weighted by molar-refractivity contribution is 0.102. The van der Waals surface area contributed by atoms with E-state index in [0.29, 0.717) is 11.4 Å². The van der Waals surface area contributed by atoms with Crippen LogP contribution >= 0.6 is 0 Å². The predicted octanol–water partition coefficient (Wildman–Crippen LogP) is 3.52. The first-order valence-corrected chi connectivity index (χ1v) is 9.99. The van der Waals surface area contributed by atoms with Gasteiger partial charge in [-0.15, -0.1) is 0 Å². The zero-order valence-electron chi connectivity index (χ0n) is 17.7. The summed E-state index contributed by atoms with van der Waals surface area (Å²) < 4.78 is 10.3. The Kier molecular flexibility index (Phi) is 6.12. The number of rotatable bonds is 7. The van der Waals surface area contributed by atoms with Crippen LogP contribution in [0.3, 0.4) is 0 Å². The van der Waals surface area contributed by atoms with E-state index >= 15 is 0 Å². The average Bonchev–Trinajstić information content (AvgIpc) is 3.68. The fraction of sp³-hybridized carbons (Fsp3) is 0.167. The van der Waals surface area contributed by atoms with Gasteiger partial charge in [0.25, 0.3) is 11.9 Å². The lowest BCUT2D eigenvalue weighted by Gasteiger charge is -2.16. The number of hydrogen-bond acceptors (Lipinski definition) is 6. The minimum atomic E-state index is -0.423. The van der Waals surface area contributed by atoms with Crippen LogP contribution in [0.25, 0.3) is 0 Å². The molecule has 0 saturated carbocycles. The number of benzene rings is 2. The molecular weight excluding hydrogens is 406 g/mol. The van der Waals surface area contributed by atoms with Gasteiger partial charge >= 0.3 is 0 Å². The Bertz CT molecular complexity index is 1150. The van der Waals surface area contributed by atoms with E-state index in [9.17, 15) is 4.79 Å². The van der Waals surface area contributed by atoms with Gasteiger partial charge in [0.1, 0.15) is 23.5 Å². The molecule has 8 nitrogen and oxygen atoms in total. The standard InChI is InChI=1S/C24H23N5O3/c1-31-19-9-6-15(7-10-19)22(29-24(25)32-2)16-4-3-5-18(12-16)28-23(30)20-11-8-17(13-26-20)21-14-27-21/h3-14,21-22H,1-2H3,(H2,25,29)(H,28,30). The van der Waals surface area contributed by atoms with Crippen molar-refractivity contribution in [2.45, 2.75) is 12.1 Å². The summed E-state index contributed by atoms with van der Waals surface area (Å²) in [6, 6.07) is 18.3. The molecule has 4 rings (SSSR count). The van der Waals surface area contributed by atoms with Gasteiger partial charge in [0.15, 0.2) is 0 Å². The van der Waals surface area contributed by atoms with Gasteiger partial charge in [0.2, 0.25) is 0 Å². The van der Waals surface area contributed by atoms with Gasteiger partial charge in [-0.25, -0.2) is 4.99 Å². The number of methoxy groups -OCH3 is 2. The second kappa shape index (κ2) is 9.30. The number of nitrogens with one attached hydrogen (secondary N) is 1. The average molecular weight is 429 g/mol. The Labute approximate surface area is 185 Å². The van der Waals surface area contributed by atoms with Gasteiger partial charge in [-0.2, -0.15) is 0 Å². The molecule has 1 aliphatic heterocycles. The molecule has 0 radical (unpaired) electrons. The fourth-order valence-corrected chi connectivity index (χ4v) is 3.22. The Morgan fingerprint density at radius 2 is 1.88 bits per heavy atom. The summed E-state index contributed by atoms with van der Waals surface area (Å²) >= 11 is 0. The van der Waals surface area contributed by atoms with Gasteiger partial charge in [-0.1, -0.05) is 30.3 Å². The Morgan fingerprint density at radius 3 is 2.50 bits per heavy atom. The number of aliphatic imine (C=N–C) groups is 2. The molecule has 162 valence electrons. The van der Waals surface area contributed by atoms with Crippen molar-refractivity contribution in [2.75, 3.05) is 19.5 Å². The van der Waals surface area contributed by atoms with Gasteiger partial charge in [-0.05, 0) is 41.5 Å². The van der Waals surface area contributed by atoms with Crippen molar-refractivity contribution in [3.8, 4) is 5.75 Å². The molecule has 1 amide bonds. The number of carbonyl (C=O) groups excluding carboxylic acids is 1. The highest BCUT2D eigenvalue weighted by Gasteiger charge is 2.18. The summed E-state index contributed by atoms with van der Waals surface area (Å²) in [4.78, 5) is 25.5. The normalized spacial score (nSPS) is 15.7. The highest BCUT2D eigenvalue weighted by atomic mass is 16.5. The second-order valence-electron chi connectivity index (χ2n) is 7.15. The van der Waals surface area contributed by atoms with Crippen LogP contribution in [0.1, 0.15) is 39.3 Å². The van der Waals surface area contributed by atoms with Crippen molar-refractivity contribution < 1.29 is 14.3 Å². The molecule has 0 saturated heterocycles. The molecule has 8 heteroatoms. The molecule has 3 N–H and O–H groups in total. The minimum Gasteiger partial charge on any atom is -0.497 e. The topological polar surface area (TPSA) is 111 Å². The molecule has 2 heterocycles. The maximum Gasteiger partial charge on any atom is 0.282 e. The van der Waals surface area contributed by atoms with E-state index in [1.807, 2.05) is 60.8 Å². The maximum atomic E-state index is 12.7. The summed E-state index contributed by atoms with van der Waals surface area (Å²) in [5.74, 6) is 0.440. The minimum absolute atomic E-state index is 0.0594. The van der Waals surface area contributed by atoms with E-state index in [1.165, 1.54) is 7.11 Å². The third-order valence-electron chi connectivity index (χ3n) is 5.02. The van der Waals surface area contributed by atoms with Crippen LogP contribution in [0.15, 0.2) is 76.8 Å². The number of aromatic nitrogens is 1. The molecule has 0 bridgehead atoms. The predicted molar refractivity (Wildman–Crippen MR) is 123 cm³/mol. The number of nitrogens with two attached hydrogens (primary N) is 1. The largest absolute Gasteiger partial charge is 0.497 e. The van der Waals surface area contributed by atoms with E-state index in [1.54, 1.807) is 19.4 Å². The van der Waals surface area contributed by atoms with Gasteiger partial charge in [0, 0.05) is 23.7 Å². The third kappa shape index (κ3) is 4.92. The lowest BCUT2D eigenvalue weighted by Crippen LogP contribution is -2.16. The van der Waals surface area contributed by atoms with E-state index in [-0.39, 0.29) is 18.0 Å². The quantitative estimate of drug-likeness (QED) is 0.441. The van der Waals surface area contributed by atoms with Gasteiger partial charge in [0.05, 0.1) is 14.2 Å². The van der Waals surface area contributed by atoms with Crippen molar-refractivity contribution in [1.29, 1.82) is 0 Å². The molecule has 3 aromatic rings. The van der Waals surface area contributed by atoms with Crippen molar-refractivity contribution in [3.63, 3.8) is 0 Å². The molecular formula is C24H23N5O3. The fourth-order valence-electron chi connectivity index (χ4n) is 3.22. The molecule has 0 spiro atoms. The highest BCUT2D eigenvalue weighted by molar-refractivity contribution is 6.03. The number of amides is 1. The van der Waals surface area contributed by atoms with Crippen molar-refractivity contribution >= 4 is 23.8 Å². The first-order valence-electron chi connectivity index (χ1n) is 9.99. The molecule has 2 aromatic carbocycles. The molecule has 2 unspecified atom stereocenters. The number of nitrogens with zero attached hydrogens (tertiary/aromatic N) is 3. The van der Waals surface area contributed by atoms with E-state index in [2.05, 4.69) is 20.3 Å². The molecule has 32 heavy (non-hydrogen) atoms.